The van der Waals surface area contributed by atoms with Crippen LogP contribution in [0, 0.1) is 5.92 Å². The van der Waals surface area contributed by atoms with Crippen molar-refractivity contribution in [2.24, 2.45) is 5.92 Å². The number of amides is 1. The van der Waals surface area contributed by atoms with Crippen LogP contribution >= 0.6 is 0 Å². The molecule has 0 aliphatic carbocycles. The monoisotopic (exact) mass is 491 g/mol. The van der Waals surface area contributed by atoms with E-state index >= 15 is 0 Å². The van der Waals surface area contributed by atoms with Crippen LogP contribution in [-0.4, -0.2) is 37.7 Å². The Bertz CT molecular complexity index is 1460. The summed E-state index contributed by atoms with van der Waals surface area (Å²) >= 11 is 0. The third kappa shape index (κ3) is 5.28. The molecule has 7 nitrogen and oxygen atoms in total. The van der Waals surface area contributed by atoms with E-state index in [0.717, 1.165) is 21.9 Å². The van der Waals surface area contributed by atoms with Gasteiger partial charge in [0.15, 0.2) is 0 Å². The first-order valence-corrected chi connectivity index (χ1v) is 13.1. The van der Waals surface area contributed by atoms with Gasteiger partial charge in [-0.2, -0.15) is 4.72 Å². The molecule has 0 unspecified atom stereocenters. The summed E-state index contributed by atoms with van der Waals surface area (Å²) in [6.45, 7) is 3.70. The van der Waals surface area contributed by atoms with Gasteiger partial charge in [-0.3, -0.25) is 4.79 Å². The highest BCUT2D eigenvalue weighted by molar-refractivity contribution is 7.89. The van der Waals surface area contributed by atoms with Gasteiger partial charge >= 0.3 is 0 Å². The SMILES string of the molecule is CC[C@H](C)[C@H](NS(=O)(=O)c1cccc2ccccc12)C(=O)N[C@@H](C=O)Cc1c[nH]c2ccccc12. The number of carbonyl (C=O) groups excluding carboxylic acids is 2. The van der Waals surface area contributed by atoms with Crippen molar-refractivity contribution < 1.29 is 18.0 Å². The zero-order chi connectivity index (χ0) is 25.0. The van der Waals surface area contributed by atoms with Crippen molar-refractivity contribution in [1.29, 1.82) is 0 Å². The Labute approximate surface area is 205 Å². The predicted molar refractivity (Wildman–Crippen MR) is 138 cm³/mol. The Morgan fingerprint density at radius 2 is 1.69 bits per heavy atom. The maximum absolute atomic E-state index is 13.4. The van der Waals surface area contributed by atoms with E-state index in [0.29, 0.717) is 24.5 Å². The lowest BCUT2D eigenvalue weighted by molar-refractivity contribution is -0.126. The van der Waals surface area contributed by atoms with Crippen molar-refractivity contribution in [3.8, 4) is 0 Å². The summed E-state index contributed by atoms with van der Waals surface area (Å²) in [6.07, 6.45) is 3.38. The Balaban J connectivity index is 1.56. The molecule has 0 saturated heterocycles. The van der Waals surface area contributed by atoms with Gasteiger partial charge in [-0.25, -0.2) is 8.42 Å². The number of fused-ring (bicyclic) bond motifs is 2. The molecular weight excluding hydrogens is 462 g/mol. The number of nitrogens with one attached hydrogen (secondary N) is 3. The molecule has 3 atom stereocenters. The van der Waals surface area contributed by atoms with Gasteiger partial charge in [0, 0.05) is 28.9 Å². The number of hydrogen-bond acceptors (Lipinski definition) is 4. The summed E-state index contributed by atoms with van der Waals surface area (Å²) < 4.78 is 29.4. The molecule has 4 rings (SSSR count). The molecule has 35 heavy (non-hydrogen) atoms. The van der Waals surface area contributed by atoms with Crippen LogP contribution in [0.4, 0.5) is 0 Å². The summed E-state index contributed by atoms with van der Waals surface area (Å²) in [5, 5.41) is 5.09. The van der Waals surface area contributed by atoms with Crippen LogP contribution < -0.4 is 10.0 Å². The number of H-pyrrole nitrogens is 1. The van der Waals surface area contributed by atoms with Crippen molar-refractivity contribution in [3.05, 3.63) is 78.5 Å². The van der Waals surface area contributed by atoms with E-state index in [-0.39, 0.29) is 10.8 Å². The molecule has 0 aliphatic rings. The molecule has 0 spiro atoms. The van der Waals surface area contributed by atoms with Crippen LogP contribution in [0.3, 0.4) is 0 Å². The zero-order valence-electron chi connectivity index (χ0n) is 19.7. The smallest absolute Gasteiger partial charge is 0.241 e. The minimum Gasteiger partial charge on any atom is -0.361 e. The normalized spacial score (nSPS) is 14.5. The molecule has 3 N–H and O–H groups in total. The summed E-state index contributed by atoms with van der Waals surface area (Å²) in [7, 11) is -4.01. The molecule has 3 aromatic carbocycles. The molecule has 1 heterocycles. The van der Waals surface area contributed by atoms with Gasteiger partial charge < -0.3 is 15.1 Å². The number of aromatic nitrogens is 1. The first-order valence-electron chi connectivity index (χ1n) is 11.6. The molecular formula is C27H29N3O4S. The first kappa shape index (κ1) is 24.6. The second-order valence-corrected chi connectivity index (χ2v) is 10.5. The predicted octanol–water partition coefficient (Wildman–Crippen LogP) is 3.94. The van der Waals surface area contributed by atoms with E-state index in [1.165, 1.54) is 6.07 Å². The van der Waals surface area contributed by atoms with Crippen LogP contribution in [0.2, 0.25) is 0 Å². The lowest BCUT2D eigenvalue weighted by atomic mass is 9.98. The van der Waals surface area contributed by atoms with Crippen molar-refractivity contribution in [2.45, 2.75) is 43.7 Å². The molecule has 1 aromatic heterocycles. The summed E-state index contributed by atoms with van der Waals surface area (Å²) in [5.41, 5.74) is 1.84. The Morgan fingerprint density at radius 3 is 2.43 bits per heavy atom. The molecule has 0 aliphatic heterocycles. The third-order valence-electron chi connectivity index (χ3n) is 6.42. The fourth-order valence-corrected chi connectivity index (χ4v) is 5.80. The number of rotatable bonds is 10. The Morgan fingerprint density at radius 1 is 1.00 bits per heavy atom. The van der Waals surface area contributed by atoms with Gasteiger partial charge in [-0.05, 0) is 29.0 Å². The second-order valence-electron chi connectivity index (χ2n) is 8.78. The molecule has 0 fully saturated rings. The fourth-order valence-electron chi connectivity index (χ4n) is 4.27. The standard InChI is InChI=1S/C27H29N3O4S/c1-3-18(2)26(30-35(33,34)25-14-8-10-19-9-4-5-12-23(19)25)27(32)29-21(17-31)15-20-16-28-24-13-7-6-11-22(20)24/h4-14,16-18,21,26,28,30H,3,15H2,1-2H3,(H,29,32)/t18-,21+,26-/m0/s1. The second kappa shape index (κ2) is 10.4. The number of hydrogen-bond donors (Lipinski definition) is 3. The molecule has 182 valence electrons. The topological polar surface area (TPSA) is 108 Å². The van der Waals surface area contributed by atoms with Gasteiger partial charge in [0.25, 0.3) is 0 Å². The van der Waals surface area contributed by atoms with Crippen LogP contribution in [0.15, 0.2) is 77.8 Å². The summed E-state index contributed by atoms with van der Waals surface area (Å²) in [5.74, 6) is -0.819. The van der Waals surface area contributed by atoms with E-state index < -0.39 is 28.0 Å². The molecule has 0 bridgehead atoms. The third-order valence-corrected chi connectivity index (χ3v) is 7.92. The average molecular weight is 492 g/mol. The molecule has 0 saturated carbocycles. The van der Waals surface area contributed by atoms with Crippen molar-refractivity contribution in [2.75, 3.05) is 0 Å². The van der Waals surface area contributed by atoms with Gasteiger partial charge in [0.2, 0.25) is 15.9 Å². The van der Waals surface area contributed by atoms with E-state index in [9.17, 15) is 18.0 Å². The minimum atomic E-state index is -4.01. The van der Waals surface area contributed by atoms with Gasteiger partial charge in [0.05, 0.1) is 10.9 Å². The number of para-hydroxylation sites is 1. The summed E-state index contributed by atoms with van der Waals surface area (Å²) in [4.78, 5) is 28.4. The quantitative estimate of drug-likeness (QED) is 0.292. The average Bonchev–Trinajstić information content (AvgIpc) is 3.28. The van der Waals surface area contributed by atoms with Crippen molar-refractivity contribution in [3.63, 3.8) is 0 Å². The molecule has 4 aromatic rings. The fraction of sp³-hybridized carbons (Fsp3) is 0.259. The Kier molecular flexibility index (Phi) is 7.33. The van der Waals surface area contributed by atoms with Crippen LogP contribution in [0.5, 0.6) is 0 Å². The maximum Gasteiger partial charge on any atom is 0.241 e. The number of aldehydes is 1. The highest BCUT2D eigenvalue weighted by Crippen LogP contribution is 2.24. The van der Waals surface area contributed by atoms with Crippen LogP contribution in [0.1, 0.15) is 25.8 Å². The highest BCUT2D eigenvalue weighted by Gasteiger charge is 2.31. The van der Waals surface area contributed by atoms with E-state index in [1.54, 1.807) is 18.2 Å². The van der Waals surface area contributed by atoms with Gasteiger partial charge in [0.1, 0.15) is 12.3 Å². The zero-order valence-corrected chi connectivity index (χ0v) is 20.5. The van der Waals surface area contributed by atoms with Crippen LogP contribution in [-0.2, 0) is 26.0 Å². The maximum atomic E-state index is 13.4. The van der Waals surface area contributed by atoms with Crippen molar-refractivity contribution >= 4 is 43.9 Å². The molecule has 0 radical (unpaired) electrons. The number of carbonyl (C=O) groups is 2. The van der Waals surface area contributed by atoms with Gasteiger partial charge in [-0.1, -0.05) is 74.9 Å². The van der Waals surface area contributed by atoms with E-state index in [1.807, 2.05) is 62.5 Å². The number of benzene rings is 3. The minimum absolute atomic E-state index is 0.113. The molecule has 1 amide bonds. The summed E-state index contributed by atoms with van der Waals surface area (Å²) in [6, 6.07) is 18.1. The largest absolute Gasteiger partial charge is 0.361 e. The lowest BCUT2D eigenvalue weighted by Crippen LogP contribution is -2.53. The lowest BCUT2D eigenvalue weighted by Gasteiger charge is -2.25. The highest BCUT2D eigenvalue weighted by atomic mass is 32.2. The number of aromatic amines is 1. The number of sulfonamides is 1. The van der Waals surface area contributed by atoms with E-state index in [2.05, 4.69) is 15.0 Å². The Hall–Kier alpha value is -3.49. The van der Waals surface area contributed by atoms with Crippen LogP contribution in [0.25, 0.3) is 21.7 Å². The molecule has 8 heteroatoms. The van der Waals surface area contributed by atoms with E-state index in [4.69, 9.17) is 0 Å². The van der Waals surface area contributed by atoms with Gasteiger partial charge in [-0.15, -0.1) is 0 Å². The first-order chi connectivity index (χ1) is 16.8. The van der Waals surface area contributed by atoms with Crippen molar-refractivity contribution in [1.82, 2.24) is 15.0 Å².